The highest BCUT2D eigenvalue weighted by Crippen LogP contribution is 2.27. The van der Waals surface area contributed by atoms with Crippen LogP contribution in [0.2, 0.25) is 0 Å². The predicted molar refractivity (Wildman–Crippen MR) is 62.0 cm³/mol. The van der Waals surface area contributed by atoms with Crippen molar-refractivity contribution in [3.63, 3.8) is 0 Å². The van der Waals surface area contributed by atoms with Crippen molar-refractivity contribution in [2.75, 3.05) is 20.7 Å². The Hall–Kier alpha value is -0.380. The summed E-state index contributed by atoms with van der Waals surface area (Å²) in [7, 11) is 3.75. The molecule has 0 unspecified atom stereocenters. The molecule has 0 saturated carbocycles. The van der Waals surface area contributed by atoms with Crippen molar-refractivity contribution in [2.24, 2.45) is 0 Å². The minimum Gasteiger partial charge on any atom is -0.376 e. The van der Waals surface area contributed by atoms with Crippen LogP contribution < -0.4 is 5.32 Å². The summed E-state index contributed by atoms with van der Waals surface area (Å²) in [6.07, 6.45) is 2.27. The Morgan fingerprint density at radius 2 is 2.21 bits per heavy atom. The maximum atomic E-state index is 5.40. The van der Waals surface area contributed by atoms with Gasteiger partial charge in [0.2, 0.25) is 0 Å². The van der Waals surface area contributed by atoms with Crippen LogP contribution in [0, 0.1) is 0 Å². The standard InChI is InChI=1S/C9H12OS.C2H7N/c1-2-7-6-11-9-3-4-10-5-8(7)9;1-3-2/h6H,2-5H2,1H3;3H,1-2H3. The number of fused-ring (bicyclic) bond motifs is 1. The molecule has 1 aromatic rings. The van der Waals surface area contributed by atoms with E-state index in [-0.39, 0.29) is 0 Å². The van der Waals surface area contributed by atoms with Gasteiger partial charge in [-0.15, -0.1) is 11.3 Å². The molecule has 14 heavy (non-hydrogen) atoms. The molecular formula is C11H19NOS. The first-order valence-corrected chi connectivity index (χ1v) is 5.95. The lowest BCUT2D eigenvalue weighted by atomic mass is 10.1. The molecular weight excluding hydrogens is 194 g/mol. The third kappa shape index (κ3) is 2.80. The molecule has 0 aliphatic carbocycles. The summed E-state index contributed by atoms with van der Waals surface area (Å²) in [4.78, 5) is 1.55. The molecule has 0 spiro atoms. The Balaban J connectivity index is 0.000000293. The highest BCUT2D eigenvalue weighted by Gasteiger charge is 2.14. The molecule has 0 amide bonds. The van der Waals surface area contributed by atoms with E-state index in [0.29, 0.717) is 0 Å². The van der Waals surface area contributed by atoms with Crippen LogP contribution in [0.15, 0.2) is 5.38 Å². The molecule has 1 aliphatic rings. The van der Waals surface area contributed by atoms with E-state index >= 15 is 0 Å². The molecule has 0 atom stereocenters. The Morgan fingerprint density at radius 3 is 2.86 bits per heavy atom. The van der Waals surface area contributed by atoms with Crippen LogP contribution in [0.1, 0.15) is 22.9 Å². The number of thiophene rings is 1. The number of hydrogen-bond donors (Lipinski definition) is 1. The predicted octanol–water partition coefficient (Wildman–Crippen LogP) is 2.22. The van der Waals surface area contributed by atoms with Crippen LogP contribution in [-0.4, -0.2) is 20.7 Å². The highest BCUT2D eigenvalue weighted by molar-refractivity contribution is 7.10. The van der Waals surface area contributed by atoms with E-state index in [9.17, 15) is 0 Å². The van der Waals surface area contributed by atoms with Crippen molar-refractivity contribution in [2.45, 2.75) is 26.4 Å². The van der Waals surface area contributed by atoms with Gasteiger partial charge in [-0.05, 0) is 37.0 Å². The first-order chi connectivity index (χ1) is 6.83. The number of ether oxygens (including phenoxy) is 1. The van der Waals surface area contributed by atoms with Crippen LogP contribution in [-0.2, 0) is 24.2 Å². The number of rotatable bonds is 1. The van der Waals surface area contributed by atoms with Gasteiger partial charge in [0.15, 0.2) is 0 Å². The van der Waals surface area contributed by atoms with Crippen LogP contribution in [0.25, 0.3) is 0 Å². The summed E-state index contributed by atoms with van der Waals surface area (Å²) in [5.74, 6) is 0. The van der Waals surface area contributed by atoms with Gasteiger partial charge in [-0.3, -0.25) is 0 Å². The molecule has 0 aromatic carbocycles. The first kappa shape index (κ1) is 11.7. The largest absolute Gasteiger partial charge is 0.376 e. The molecule has 1 N–H and O–H groups in total. The van der Waals surface area contributed by atoms with E-state index < -0.39 is 0 Å². The van der Waals surface area contributed by atoms with E-state index in [2.05, 4.69) is 17.6 Å². The molecule has 0 saturated heterocycles. The van der Waals surface area contributed by atoms with Crippen LogP contribution in [0.5, 0.6) is 0 Å². The third-order valence-corrected chi connectivity index (χ3v) is 3.31. The van der Waals surface area contributed by atoms with Gasteiger partial charge < -0.3 is 10.1 Å². The summed E-state index contributed by atoms with van der Waals surface area (Å²) in [6.45, 7) is 3.97. The molecule has 2 heterocycles. The van der Waals surface area contributed by atoms with Crippen molar-refractivity contribution < 1.29 is 4.74 Å². The van der Waals surface area contributed by atoms with E-state index in [1.165, 1.54) is 11.1 Å². The van der Waals surface area contributed by atoms with Gasteiger partial charge in [0, 0.05) is 11.3 Å². The van der Waals surface area contributed by atoms with Gasteiger partial charge >= 0.3 is 0 Å². The Morgan fingerprint density at radius 1 is 1.50 bits per heavy atom. The van der Waals surface area contributed by atoms with Gasteiger partial charge in [0.05, 0.1) is 13.2 Å². The minimum absolute atomic E-state index is 0.849. The van der Waals surface area contributed by atoms with Gasteiger partial charge in [0.1, 0.15) is 0 Å². The fourth-order valence-electron chi connectivity index (χ4n) is 1.48. The van der Waals surface area contributed by atoms with Gasteiger partial charge in [-0.2, -0.15) is 0 Å². The lowest BCUT2D eigenvalue weighted by Gasteiger charge is -2.12. The van der Waals surface area contributed by atoms with Gasteiger partial charge in [0.25, 0.3) is 0 Å². The highest BCUT2D eigenvalue weighted by atomic mass is 32.1. The molecule has 0 bridgehead atoms. The summed E-state index contributed by atoms with van der Waals surface area (Å²) >= 11 is 1.90. The number of nitrogens with one attached hydrogen (secondary N) is 1. The monoisotopic (exact) mass is 213 g/mol. The Kier molecular flexibility index (Phi) is 5.15. The molecule has 1 aliphatic heterocycles. The molecule has 0 radical (unpaired) electrons. The molecule has 2 rings (SSSR count). The minimum atomic E-state index is 0.849. The fourth-order valence-corrected chi connectivity index (χ4v) is 2.61. The summed E-state index contributed by atoms with van der Waals surface area (Å²) in [6, 6.07) is 0. The summed E-state index contributed by atoms with van der Waals surface area (Å²) in [5, 5.41) is 5.03. The van der Waals surface area contributed by atoms with Crippen LogP contribution in [0.3, 0.4) is 0 Å². The van der Waals surface area contributed by atoms with E-state index in [0.717, 1.165) is 26.1 Å². The SMILES string of the molecule is CCc1csc2c1COCC2.CNC. The smallest absolute Gasteiger partial charge is 0.0730 e. The second kappa shape index (κ2) is 6.17. The molecule has 2 nitrogen and oxygen atoms in total. The average molecular weight is 213 g/mol. The first-order valence-electron chi connectivity index (χ1n) is 5.07. The molecule has 1 aromatic heterocycles. The van der Waals surface area contributed by atoms with Crippen molar-refractivity contribution in [1.82, 2.24) is 5.32 Å². The molecule has 3 heteroatoms. The maximum Gasteiger partial charge on any atom is 0.0730 e. The van der Waals surface area contributed by atoms with Crippen LogP contribution in [0.4, 0.5) is 0 Å². The van der Waals surface area contributed by atoms with E-state index in [1.807, 2.05) is 25.4 Å². The lowest BCUT2D eigenvalue weighted by molar-refractivity contribution is 0.111. The Bertz CT molecular complexity index is 257. The van der Waals surface area contributed by atoms with Gasteiger partial charge in [-0.25, -0.2) is 0 Å². The third-order valence-electron chi connectivity index (χ3n) is 2.17. The van der Waals surface area contributed by atoms with E-state index in [1.54, 1.807) is 4.88 Å². The van der Waals surface area contributed by atoms with Crippen molar-refractivity contribution in [1.29, 1.82) is 0 Å². The van der Waals surface area contributed by atoms with Crippen LogP contribution >= 0.6 is 11.3 Å². The second-order valence-electron chi connectivity index (χ2n) is 3.32. The zero-order chi connectivity index (χ0) is 10.4. The van der Waals surface area contributed by atoms with Gasteiger partial charge in [-0.1, -0.05) is 6.92 Å². The lowest BCUT2D eigenvalue weighted by Crippen LogP contribution is -2.07. The summed E-state index contributed by atoms with van der Waals surface area (Å²) in [5.41, 5.74) is 2.97. The zero-order valence-electron chi connectivity index (χ0n) is 9.22. The quantitative estimate of drug-likeness (QED) is 0.772. The second-order valence-corrected chi connectivity index (χ2v) is 4.28. The summed E-state index contributed by atoms with van der Waals surface area (Å²) < 4.78 is 5.40. The normalized spacial score (nSPS) is 14.2. The topological polar surface area (TPSA) is 21.3 Å². The maximum absolute atomic E-state index is 5.40. The fraction of sp³-hybridized carbons (Fsp3) is 0.636. The zero-order valence-corrected chi connectivity index (χ0v) is 10.0. The number of aryl methyl sites for hydroxylation is 1. The van der Waals surface area contributed by atoms with Crippen molar-refractivity contribution in [3.8, 4) is 0 Å². The van der Waals surface area contributed by atoms with E-state index in [4.69, 9.17) is 4.74 Å². The number of hydrogen-bond acceptors (Lipinski definition) is 3. The average Bonchev–Trinajstić information content (AvgIpc) is 2.62. The van der Waals surface area contributed by atoms with Crippen molar-refractivity contribution in [3.05, 3.63) is 21.4 Å². The molecule has 80 valence electrons. The molecule has 0 fully saturated rings. The Labute approximate surface area is 90.3 Å². The van der Waals surface area contributed by atoms with Crippen molar-refractivity contribution >= 4 is 11.3 Å².